The third-order valence-corrected chi connectivity index (χ3v) is 3.16. The van der Waals surface area contributed by atoms with Crippen molar-refractivity contribution in [3.05, 3.63) is 70.0 Å². The summed E-state index contributed by atoms with van der Waals surface area (Å²) >= 11 is 0. The first-order valence-electron chi connectivity index (χ1n) is 6.19. The van der Waals surface area contributed by atoms with Crippen LogP contribution < -0.4 is 0 Å². The molecule has 2 rings (SSSR count). The molecule has 0 radical (unpaired) electrons. The number of hydrogen-bond donors (Lipinski definition) is 0. The molecule has 2 aromatic carbocycles. The summed E-state index contributed by atoms with van der Waals surface area (Å²) in [5.74, 6) is -1.95. The highest BCUT2D eigenvalue weighted by Crippen LogP contribution is 2.32. The van der Waals surface area contributed by atoms with Crippen LogP contribution in [0.2, 0.25) is 0 Å². The van der Waals surface area contributed by atoms with Crippen LogP contribution in [0.4, 0.5) is 17.6 Å². The molecular formula is C16H12F4O. The normalized spacial score (nSPS) is 11.5. The minimum absolute atomic E-state index is 0.185. The first kappa shape index (κ1) is 15.2. The lowest BCUT2D eigenvalue weighted by Crippen LogP contribution is -2.11. The molecule has 0 aliphatic rings. The fraction of sp³-hybridized carbons (Fsp3) is 0.188. The highest BCUT2D eigenvalue weighted by molar-refractivity contribution is 6.10. The number of halogens is 4. The van der Waals surface area contributed by atoms with Gasteiger partial charge in [0, 0.05) is 11.1 Å². The van der Waals surface area contributed by atoms with Crippen LogP contribution in [0.3, 0.4) is 0 Å². The number of benzene rings is 2. The van der Waals surface area contributed by atoms with Crippen LogP contribution in [0, 0.1) is 19.7 Å². The van der Waals surface area contributed by atoms with Crippen molar-refractivity contribution >= 4 is 5.78 Å². The van der Waals surface area contributed by atoms with Gasteiger partial charge < -0.3 is 0 Å². The minimum Gasteiger partial charge on any atom is -0.289 e. The summed E-state index contributed by atoms with van der Waals surface area (Å²) < 4.78 is 51.3. The number of hydrogen-bond acceptors (Lipinski definition) is 1. The third kappa shape index (κ3) is 3.12. The van der Waals surface area contributed by atoms with E-state index in [1.165, 1.54) is 0 Å². The molecule has 110 valence electrons. The molecule has 0 spiro atoms. The van der Waals surface area contributed by atoms with Crippen LogP contribution in [0.25, 0.3) is 0 Å². The maximum atomic E-state index is 13.2. The van der Waals surface area contributed by atoms with Gasteiger partial charge in [0.25, 0.3) is 0 Å². The van der Waals surface area contributed by atoms with E-state index in [9.17, 15) is 22.4 Å². The summed E-state index contributed by atoms with van der Waals surface area (Å²) in [6, 6.07) is 7.31. The maximum absolute atomic E-state index is 13.2. The summed E-state index contributed by atoms with van der Waals surface area (Å²) in [6.45, 7) is 3.55. The van der Waals surface area contributed by atoms with E-state index < -0.39 is 23.3 Å². The van der Waals surface area contributed by atoms with Crippen molar-refractivity contribution in [1.82, 2.24) is 0 Å². The second-order valence-corrected chi connectivity index (χ2v) is 4.84. The lowest BCUT2D eigenvalue weighted by Gasteiger charge is -2.11. The van der Waals surface area contributed by atoms with E-state index in [1.54, 1.807) is 25.1 Å². The molecule has 21 heavy (non-hydrogen) atoms. The van der Waals surface area contributed by atoms with Gasteiger partial charge >= 0.3 is 6.18 Å². The summed E-state index contributed by atoms with van der Waals surface area (Å²) in [6.07, 6.45) is -4.83. The zero-order valence-corrected chi connectivity index (χ0v) is 11.4. The van der Waals surface area contributed by atoms with E-state index in [2.05, 4.69) is 0 Å². The van der Waals surface area contributed by atoms with Gasteiger partial charge in [-0.15, -0.1) is 0 Å². The molecule has 0 atom stereocenters. The van der Waals surface area contributed by atoms with Crippen molar-refractivity contribution in [2.24, 2.45) is 0 Å². The second-order valence-electron chi connectivity index (χ2n) is 4.84. The Morgan fingerprint density at radius 3 is 2.24 bits per heavy atom. The van der Waals surface area contributed by atoms with Gasteiger partial charge in [-0.2, -0.15) is 13.2 Å². The molecule has 0 saturated carbocycles. The highest BCUT2D eigenvalue weighted by Gasteiger charge is 2.34. The summed E-state index contributed by atoms with van der Waals surface area (Å²) in [4.78, 5) is 12.3. The van der Waals surface area contributed by atoms with Crippen molar-refractivity contribution in [3.63, 3.8) is 0 Å². The lowest BCUT2D eigenvalue weighted by molar-refractivity contribution is -0.140. The monoisotopic (exact) mass is 296 g/mol. The Morgan fingerprint density at radius 1 is 1.00 bits per heavy atom. The van der Waals surface area contributed by atoms with Gasteiger partial charge in [0.05, 0.1) is 5.56 Å². The van der Waals surface area contributed by atoms with E-state index in [-0.39, 0.29) is 5.56 Å². The standard InChI is InChI=1S/C16H12F4O/c1-9-3-5-12(10(2)7-9)15(21)11-4-6-14(17)13(8-11)16(18,19)20/h3-8H,1-2H3. The Balaban J connectivity index is 2.49. The predicted octanol–water partition coefficient (Wildman–Crippen LogP) is 4.69. The molecule has 0 aliphatic heterocycles. The Bertz CT molecular complexity index is 702. The zero-order chi connectivity index (χ0) is 15.8. The van der Waals surface area contributed by atoms with Gasteiger partial charge in [0.15, 0.2) is 5.78 Å². The number of carbonyl (C=O) groups is 1. The number of carbonyl (C=O) groups excluding carboxylic acids is 1. The van der Waals surface area contributed by atoms with E-state index in [0.717, 1.165) is 11.6 Å². The number of rotatable bonds is 2. The topological polar surface area (TPSA) is 17.1 Å². The van der Waals surface area contributed by atoms with Crippen LogP contribution in [-0.2, 0) is 6.18 Å². The van der Waals surface area contributed by atoms with Crippen LogP contribution in [0.15, 0.2) is 36.4 Å². The van der Waals surface area contributed by atoms with Crippen LogP contribution >= 0.6 is 0 Å². The molecule has 5 heteroatoms. The summed E-state index contributed by atoms with van der Waals surface area (Å²) in [7, 11) is 0. The van der Waals surface area contributed by atoms with Crippen molar-refractivity contribution in [2.75, 3.05) is 0 Å². The molecule has 0 N–H and O–H groups in total. The SMILES string of the molecule is Cc1ccc(C(=O)c2ccc(F)c(C(F)(F)F)c2)c(C)c1. The Morgan fingerprint density at radius 2 is 1.67 bits per heavy atom. The molecule has 0 amide bonds. The van der Waals surface area contributed by atoms with Crippen LogP contribution in [0.1, 0.15) is 32.6 Å². The molecule has 0 unspecified atom stereocenters. The zero-order valence-electron chi connectivity index (χ0n) is 11.4. The highest BCUT2D eigenvalue weighted by atomic mass is 19.4. The number of ketones is 1. The molecule has 0 bridgehead atoms. The summed E-state index contributed by atoms with van der Waals surface area (Å²) in [5, 5.41) is 0. The average Bonchev–Trinajstić information content (AvgIpc) is 2.37. The van der Waals surface area contributed by atoms with Gasteiger partial charge in [-0.25, -0.2) is 4.39 Å². The van der Waals surface area contributed by atoms with Gasteiger partial charge in [-0.1, -0.05) is 23.8 Å². The predicted molar refractivity (Wildman–Crippen MR) is 70.8 cm³/mol. The molecule has 1 nitrogen and oxygen atoms in total. The third-order valence-electron chi connectivity index (χ3n) is 3.16. The van der Waals surface area contributed by atoms with E-state index in [0.29, 0.717) is 23.3 Å². The average molecular weight is 296 g/mol. The molecule has 2 aromatic rings. The van der Waals surface area contributed by atoms with Gasteiger partial charge in [0.1, 0.15) is 5.82 Å². The first-order valence-corrected chi connectivity index (χ1v) is 6.19. The van der Waals surface area contributed by atoms with Crippen molar-refractivity contribution in [3.8, 4) is 0 Å². The fourth-order valence-corrected chi connectivity index (χ4v) is 2.11. The largest absolute Gasteiger partial charge is 0.419 e. The Kier molecular flexibility index (Phi) is 3.85. The molecule has 0 aliphatic carbocycles. The first-order chi connectivity index (χ1) is 9.70. The Labute approximate surface area is 119 Å². The van der Waals surface area contributed by atoms with Crippen molar-refractivity contribution in [1.29, 1.82) is 0 Å². The molecule has 0 saturated heterocycles. The molecule has 0 aromatic heterocycles. The van der Waals surface area contributed by atoms with E-state index in [1.807, 2.05) is 6.92 Å². The molecule has 0 heterocycles. The number of aryl methyl sites for hydroxylation is 2. The van der Waals surface area contributed by atoms with Crippen LogP contribution in [-0.4, -0.2) is 5.78 Å². The van der Waals surface area contributed by atoms with E-state index >= 15 is 0 Å². The number of alkyl halides is 3. The van der Waals surface area contributed by atoms with Crippen molar-refractivity contribution in [2.45, 2.75) is 20.0 Å². The summed E-state index contributed by atoms with van der Waals surface area (Å²) in [5.41, 5.74) is 0.297. The van der Waals surface area contributed by atoms with Gasteiger partial charge in [0.2, 0.25) is 0 Å². The fourth-order valence-electron chi connectivity index (χ4n) is 2.11. The van der Waals surface area contributed by atoms with E-state index in [4.69, 9.17) is 0 Å². The quantitative estimate of drug-likeness (QED) is 0.580. The molecule has 0 fully saturated rings. The van der Waals surface area contributed by atoms with Crippen molar-refractivity contribution < 1.29 is 22.4 Å². The Hall–Kier alpha value is -2.17. The lowest BCUT2D eigenvalue weighted by atomic mass is 9.96. The van der Waals surface area contributed by atoms with Gasteiger partial charge in [-0.05, 0) is 37.6 Å². The smallest absolute Gasteiger partial charge is 0.289 e. The maximum Gasteiger partial charge on any atom is 0.419 e. The minimum atomic E-state index is -4.83. The molecular weight excluding hydrogens is 284 g/mol. The second kappa shape index (κ2) is 5.31. The van der Waals surface area contributed by atoms with Crippen LogP contribution in [0.5, 0.6) is 0 Å². The van der Waals surface area contributed by atoms with Gasteiger partial charge in [-0.3, -0.25) is 4.79 Å².